The van der Waals surface area contributed by atoms with E-state index in [0.717, 1.165) is 30.6 Å². The molecule has 6 heteroatoms. The molecule has 0 radical (unpaired) electrons. The Kier molecular flexibility index (Phi) is 6.27. The van der Waals surface area contributed by atoms with Crippen LogP contribution in [0.25, 0.3) is 10.9 Å². The molecule has 132 valence electrons. The summed E-state index contributed by atoms with van der Waals surface area (Å²) >= 11 is 0. The van der Waals surface area contributed by atoms with Crippen molar-refractivity contribution in [1.82, 2.24) is 9.88 Å². The highest BCUT2D eigenvalue weighted by atomic mass is 35.5. The molecule has 1 aliphatic heterocycles. The molecule has 24 heavy (non-hydrogen) atoms. The van der Waals surface area contributed by atoms with Crippen LogP contribution in [-0.2, 0) is 16.1 Å². The number of anilines is 1. The minimum Gasteiger partial charge on any atom is -0.380 e. The summed E-state index contributed by atoms with van der Waals surface area (Å²) in [5.74, 6) is 0.609. The molecular formula is C18H26ClN3O2. The number of amides is 1. The average molecular weight is 352 g/mol. The third kappa shape index (κ3) is 4.09. The molecule has 0 bridgehead atoms. The zero-order valence-electron chi connectivity index (χ0n) is 14.4. The molecule has 0 saturated carbocycles. The van der Waals surface area contributed by atoms with Crippen molar-refractivity contribution < 1.29 is 9.53 Å². The molecule has 3 rings (SSSR count). The number of carbonyl (C=O) groups excluding carboxylic acids is 1. The molecule has 5 nitrogen and oxygen atoms in total. The summed E-state index contributed by atoms with van der Waals surface area (Å²) in [6.07, 6.45) is 2.95. The average Bonchev–Trinajstić information content (AvgIpc) is 3.14. The number of nitrogens with zero attached hydrogens (tertiary/aromatic N) is 1. The Hall–Kier alpha value is -1.56. The van der Waals surface area contributed by atoms with Crippen molar-refractivity contribution >= 4 is 34.9 Å². The number of fused-ring (bicyclic) bond motifs is 1. The fraction of sp³-hybridized carbons (Fsp3) is 0.500. The minimum absolute atomic E-state index is 0. The van der Waals surface area contributed by atoms with E-state index in [1.165, 1.54) is 5.52 Å². The quantitative estimate of drug-likeness (QED) is 0.870. The van der Waals surface area contributed by atoms with Gasteiger partial charge < -0.3 is 19.9 Å². The van der Waals surface area contributed by atoms with E-state index in [-0.39, 0.29) is 30.5 Å². The molecule has 1 saturated heterocycles. The van der Waals surface area contributed by atoms with Gasteiger partial charge in [0.25, 0.3) is 0 Å². The lowest BCUT2D eigenvalue weighted by atomic mass is 10.1. The van der Waals surface area contributed by atoms with Crippen molar-refractivity contribution in [2.45, 2.75) is 39.0 Å². The predicted octanol–water partition coefficient (Wildman–Crippen LogP) is 3.03. The number of nitrogens with one attached hydrogen (secondary N) is 2. The fourth-order valence-electron chi connectivity index (χ4n) is 3.14. The number of rotatable bonds is 5. The van der Waals surface area contributed by atoms with Gasteiger partial charge in [0, 0.05) is 43.0 Å². The highest BCUT2D eigenvalue weighted by molar-refractivity contribution is 5.97. The predicted molar refractivity (Wildman–Crippen MR) is 99.9 cm³/mol. The maximum absolute atomic E-state index is 12.3. The third-order valence-corrected chi connectivity index (χ3v) is 4.34. The standard InChI is InChI=1S/C18H25N3O2.ClH/c1-12(2)11-21-7-6-13-8-14(4-5-17(13)21)20-18(22)16-9-15(23-3)10-19-16;/h4-8,12,15-16,19H,9-11H2,1-3H3,(H,20,22);1H/t15-,16+;/m0./s1. The Bertz CT molecular complexity index is 699. The molecule has 2 aromatic rings. The van der Waals surface area contributed by atoms with Crippen LogP contribution in [0.15, 0.2) is 30.5 Å². The molecule has 1 fully saturated rings. The first-order valence-corrected chi connectivity index (χ1v) is 8.22. The summed E-state index contributed by atoms with van der Waals surface area (Å²) in [4.78, 5) is 12.3. The third-order valence-electron chi connectivity index (χ3n) is 4.34. The maximum Gasteiger partial charge on any atom is 0.241 e. The number of hydrogen-bond acceptors (Lipinski definition) is 3. The van der Waals surface area contributed by atoms with Crippen LogP contribution in [0, 0.1) is 5.92 Å². The lowest BCUT2D eigenvalue weighted by molar-refractivity contribution is -0.118. The number of benzene rings is 1. The molecule has 1 aliphatic rings. The Balaban J connectivity index is 0.00000208. The van der Waals surface area contributed by atoms with Gasteiger partial charge >= 0.3 is 0 Å². The fourth-order valence-corrected chi connectivity index (χ4v) is 3.14. The van der Waals surface area contributed by atoms with Gasteiger partial charge in [-0.2, -0.15) is 0 Å². The van der Waals surface area contributed by atoms with E-state index in [1.54, 1.807) is 7.11 Å². The number of hydrogen-bond donors (Lipinski definition) is 2. The lowest BCUT2D eigenvalue weighted by Crippen LogP contribution is -2.35. The molecule has 0 spiro atoms. The highest BCUT2D eigenvalue weighted by Gasteiger charge is 2.29. The lowest BCUT2D eigenvalue weighted by Gasteiger charge is -2.12. The second-order valence-corrected chi connectivity index (χ2v) is 6.68. The molecular weight excluding hydrogens is 326 g/mol. The number of carbonyl (C=O) groups is 1. The van der Waals surface area contributed by atoms with E-state index in [9.17, 15) is 4.79 Å². The van der Waals surface area contributed by atoms with Crippen LogP contribution in [0.2, 0.25) is 0 Å². The van der Waals surface area contributed by atoms with Gasteiger partial charge in [0.2, 0.25) is 5.91 Å². The molecule has 2 N–H and O–H groups in total. The van der Waals surface area contributed by atoms with Gasteiger partial charge in [0.05, 0.1) is 12.1 Å². The van der Waals surface area contributed by atoms with Crippen molar-refractivity contribution in [3.05, 3.63) is 30.5 Å². The number of methoxy groups -OCH3 is 1. The maximum atomic E-state index is 12.3. The topological polar surface area (TPSA) is 55.3 Å². The van der Waals surface area contributed by atoms with Crippen molar-refractivity contribution in [1.29, 1.82) is 0 Å². The summed E-state index contributed by atoms with van der Waals surface area (Å²) in [5.41, 5.74) is 2.04. The molecule has 2 atom stereocenters. The first-order valence-electron chi connectivity index (χ1n) is 8.22. The van der Waals surface area contributed by atoms with Crippen LogP contribution in [0.5, 0.6) is 0 Å². The van der Waals surface area contributed by atoms with Gasteiger partial charge in [-0.1, -0.05) is 13.8 Å². The molecule has 0 aliphatic carbocycles. The van der Waals surface area contributed by atoms with Crippen molar-refractivity contribution in [3.63, 3.8) is 0 Å². The summed E-state index contributed by atoms with van der Waals surface area (Å²) < 4.78 is 7.55. The number of aromatic nitrogens is 1. The Morgan fingerprint density at radius 2 is 2.21 bits per heavy atom. The van der Waals surface area contributed by atoms with E-state index >= 15 is 0 Å². The van der Waals surface area contributed by atoms with Crippen LogP contribution in [-0.4, -0.2) is 36.3 Å². The van der Waals surface area contributed by atoms with E-state index < -0.39 is 0 Å². The van der Waals surface area contributed by atoms with E-state index in [2.05, 4.69) is 47.4 Å². The van der Waals surface area contributed by atoms with Crippen LogP contribution >= 0.6 is 12.4 Å². The number of ether oxygens (including phenoxy) is 1. The van der Waals surface area contributed by atoms with E-state index in [4.69, 9.17) is 4.74 Å². The van der Waals surface area contributed by atoms with Crippen LogP contribution in [0.4, 0.5) is 5.69 Å². The minimum atomic E-state index is -0.179. The Morgan fingerprint density at radius 1 is 1.42 bits per heavy atom. The zero-order valence-corrected chi connectivity index (χ0v) is 15.2. The second-order valence-electron chi connectivity index (χ2n) is 6.68. The molecule has 0 unspecified atom stereocenters. The van der Waals surface area contributed by atoms with E-state index in [0.29, 0.717) is 5.92 Å². The van der Waals surface area contributed by atoms with Crippen molar-refractivity contribution in [2.75, 3.05) is 19.0 Å². The monoisotopic (exact) mass is 351 g/mol. The van der Waals surface area contributed by atoms with Crippen molar-refractivity contribution in [2.24, 2.45) is 5.92 Å². The molecule has 2 heterocycles. The van der Waals surface area contributed by atoms with Gasteiger partial charge in [0.15, 0.2) is 0 Å². The van der Waals surface area contributed by atoms with Crippen LogP contribution in [0.1, 0.15) is 20.3 Å². The summed E-state index contributed by atoms with van der Waals surface area (Å²) in [5, 5.41) is 7.35. The van der Waals surface area contributed by atoms with Gasteiger partial charge in [-0.15, -0.1) is 12.4 Å². The van der Waals surface area contributed by atoms with Crippen molar-refractivity contribution in [3.8, 4) is 0 Å². The smallest absolute Gasteiger partial charge is 0.241 e. The van der Waals surface area contributed by atoms with Crippen LogP contribution in [0.3, 0.4) is 0 Å². The normalized spacial score (nSPS) is 20.3. The summed E-state index contributed by atoms with van der Waals surface area (Å²) in [7, 11) is 1.68. The Labute approximate surface area is 149 Å². The SMILES string of the molecule is CO[C@@H]1CN[C@@H](C(=O)Nc2ccc3c(ccn3CC(C)C)c2)C1.Cl. The van der Waals surface area contributed by atoms with Gasteiger partial charge in [-0.3, -0.25) is 4.79 Å². The highest BCUT2D eigenvalue weighted by Crippen LogP contribution is 2.22. The van der Waals surface area contributed by atoms with Gasteiger partial charge in [-0.05, 0) is 36.6 Å². The van der Waals surface area contributed by atoms with E-state index in [1.807, 2.05) is 12.1 Å². The first kappa shape index (κ1) is 18.8. The van der Waals surface area contributed by atoms with Gasteiger partial charge in [-0.25, -0.2) is 0 Å². The molecule has 1 aromatic heterocycles. The number of halogens is 1. The zero-order chi connectivity index (χ0) is 16.4. The first-order chi connectivity index (χ1) is 11.1. The summed E-state index contributed by atoms with van der Waals surface area (Å²) in [6, 6.07) is 8.00. The second kappa shape index (κ2) is 8.01. The largest absolute Gasteiger partial charge is 0.380 e. The molecule has 1 aromatic carbocycles. The molecule has 1 amide bonds. The summed E-state index contributed by atoms with van der Waals surface area (Å²) in [6.45, 7) is 6.15. The van der Waals surface area contributed by atoms with Crippen LogP contribution < -0.4 is 10.6 Å². The Morgan fingerprint density at radius 3 is 2.88 bits per heavy atom. The van der Waals surface area contributed by atoms with Gasteiger partial charge in [0.1, 0.15) is 0 Å².